The van der Waals surface area contributed by atoms with Crippen molar-refractivity contribution >= 4 is 71.2 Å². The van der Waals surface area contributed by atoms with E-state index in [0.717, 1.165) is 21.5 Å². The molecule has 7 rings (SSSR count). The van der Waals surface area contributed by atoms with Crippen LogP contribution in [0.25, 0.3) is 59.6 Å². The van der Waals surface area contributed by atoms with E-state index >= 15 is 0 Å². The first-order valence-electron chi connectivity index (χ1n) is 13.8. The number of rotatable bonds is 0. The summed E-state index contributed by atoms with van der Waals surface area (Å²) < 4.78 is 63.1. The molecule has 0 aliphatic carbocycles. The lowest BCUT2D eigenvalue weighted by Gasteiger charge is -2.05. The van der Waals surface area contributed by atoms with Crippen LogP contribution >= 0.6 is 11.6 Å². The number of aromatic nitrogens is 1. The first-order chi connectivity index (χ1) is 18.7. The number of hydrogen-bond donors (Lipinski definition) is 0. The predicted molar refractivity (Wildman–Crippen MR) is 139 cm³/mol. The van der Waals surface area contributed by atoms with E-state index in [1.807, 2.05) is 54.6 Å². The molecule has 2 aromatic heterocycles. The molecule has 32 heavy (non-hydrogen) atoms. The van der Waals surface area contributed by atoms with Gasteiger partial charge < -0.3 is 4.40 Å². The summed E-state index contributed by atoms with van der Waals surface area (Å²) in [5.74, 6) is 0. The van der Waals surface area contributed by atoms with E-state index in [2.05, 4.69) is 0 Å². The van der Waals surface area contributed by atoms with Gasteiger partial charge in [-0.2, -0.15) is 0 Å². The zero-order valence-electron chi connectivity index (χ0n) is 23.7. The minimum Gasteiger partial charge on any atom is -0.308 e. The van der Waals surface area contributed by atoms with Crippen LogP contribution in [0.15, 0.2) is 109 Å². The highest BCUT2D eigenvalue weighted by Gasteiger charge is 2.14. The average molecular weight is 435 g/mol. The van der Waals surface area contributed by atoms with Gasteiger partial charge in [-0.3, -0.25) is 0 Å². The van der Waals surface area contributed by atoms with E-state index in [1.54, 1.807) is 16.5 Å². The van der Waals surface area contributed by atoms with Gasteiger partial charge in [0, 0.05) is 26.6 Å². The summed E-state index contributed by atoms with van der Waals surface area (Å²) >= 11 is 6.55. The zero-order chi connectivity index (χ0) is 27.3. The third kappa shape index (κ3) is 2.34. The minimum atomic E-state index is -0.418. The van der Waals surface area contributed by atoms with Crippen molar-refractivity contribution in [3.05, 3.63) is 114 Å². The summed E-state index contributed by atoms with van der Waals surface area (Å²) in [5.41, 5.74) is 1.12. The molecule has 0 aliphatic rings. The first kappa shape index (κ1) is 12.3. The van der Waals surface area contributed by atoms with E-state index in [4.69, 9.17) is 21.2 Å². The summed E-state index contributed by atoms with van der Waals surface area (Å²) in [4.78, 5) is 0. The Morgan fingerprint density at radius 1 is 0.531 bits per heavy atom. The largest absolute Gasteiger partial charge is 0.308 e. The van der Waals surface area contributed by atoms with Gasteiger partial charge in [0.1, 0.15) is 0 Å². The number of halogens is 1. The molecule has 0 saturated heterocycles. The van der Waals surface area contributed by atoms with Crippen LogP contribution in [0.2, 0.25) is 5.02 Å². The van der Waals surface area contributed by atoms with Crippen molar-refractivity contribution in [3.8, 4) is 0 Å². The molecule has 0 radical (unpaired) electrons. The molecule has 0 unspecified atom stereocenters. The van der Waals surface area contributed by atoms with Crippen LogP contribution in [-0.4, -0.2) is 4.40 Å². The highest BCUT2D eigenvalue weighted by Crippen LogP contribution is 2.38. The van der Waals surface area contributed by atoms with Gasteiger partial charge in [0.2, 0.25) is 0 Å². The van der Waals surface area contributed by atoms with Gasteiger partial charge in [-0.05, 0) is 39.7 Å². The number of hydrogen-bond acceptors (Lipinski definition) is 0. The van der Waals surface area contributed by atoms with Crippen LogP contribution in [-0.2, 0) is 0 Å². The number of benzene rings is 5. The standard InChI is InChI=1S/C30H18ClN/c31-19-16-17-25-22-10-3-1-8-20(22)21-9-2-4-11-23(21)26-13-7-14-27-24-12-5-6-15-28(24)32(30(26)27)29(25)18-19/h1-18H/i5D,6D,7D,12D,13D,14D,15D. The summed E-state index contributed by atoms with van der Waals surface area (Å²) in [6, 6.07) is 18.8. The van der Waals surface area contributed by atoms with Crippen LogP contribution in [0, 0.1) is 0 Å². The molecule has 0 amide bonds. The fraction of sp³-hybridized carbons (Fsp3) is 0. The molecule has 5 aromatic carbocycles. The van der Waals surface area contributed by atoms with Crippen LogP contribution in [0.4, 0.5) is 0 Å². The fourth-order valence-corrected chi connectivity index (χ4v) is 4.98. The van der Waals surface area contributed by atoms with Crippen LogP contribution in [0.3, 0.4) is 0 Å². The van der Waals surface area contributed by atoms with Gasteiger partial charge in [0.15, 0.2) is 0 Å². The molecule has 150 valence electrons. The van der Waals surface area contributed by atoms with Crippen LogP contribution in [0.5, 0.6) is 0 Å². The molecule has 0 fully saturated rings. The van der Waals surface area contributed by atoms with Crippen molar-refractivity contribution < 1.29 is 9.60 Å². The van der Waals surface area contributed by atoms with Gasteiger partial charge in [-0.25, -0.2) is 0 Å². The molecular weight excluding hydrogens is 410 g/mol. The molecule has 0 atom stereocenters. The third-order valence-corrected chi connectivity index (χ3v) is 6.35. The van der Waals surface area contributed by atoms with Gasteiger partial charge in [0.05, 0.1) is 26.1 Å². The monoisotopic (exact) mass is 434 g/mol. The van der Waals surface area contributed by atoms with Crippen molar-refractivity contribution in [2.45, 2.75) is 0 Å². The summed E-state index contributed by atoms with van der Waals surface area (Å²) in [5, 5.41) is 5.23. The van der Waals surface area contributed by atoms with Gasteiger partial charge in [0.25, 0.3) is 0 Å². The average Bonchev–Trinajstić information content (AvgIpc) is 3.31. The fourth-order valence-electron chi connectivity index (χ4n) is 4.81. The summed E-state index contributed by atoms with van der Waals surface area (Å²) in [7, 11) is 0. The number of nitrogens with zero attached hydrogens (tertiary/aromatic N) is 1. The van der Waals surface area contributed by atoms with Gasteiger partial charge in [-0.1, -0.05) is 102 Å². The maximum atomic E-state index is 9.08. The van der Waals surface area contributed by atoms with Crippen LogP contribution in [0.1, 0.15) is 9.60 Å². The molecule has 0 saturated carbocycles. The van der Waals surface area contributed by atoms with Crippen LogP contribution < -0.4 is 0 Å². The van der Waals surface area contributed by atoms with Crippen molar-refractivity contribution in [2.24, 2.45) is 0 Å². The van der Waals surface area contributed by atoms with Crippen molar-refractivity contribution in [1.29, 1.82) is 0 Å². The number of para-hydroxylation sites is 2. The SMILES string of the molecule is [2H]c1c([2H])c([2H])c2c(c1[2H])c1c([2H])c([2H])c([2H])c3c4ccccc4c4ccccc4c4ccc(Cl)cc4n2c31. The second-order valence-electron chi connectivity index (χ2n) is 7.79. The molecule has 0 aliphatic heterocycles. The second-order valence-corrected chi connectivity index (χ2v) is 8.22. The van der Waals surface area contributed by atoms with E-state index in [-0.39, 0.29) is 46.5 Å². The quantitative estimate of drug-likeness (QED) is 0.224. The lowest BCUT2D eigenvalue weighted by molar-refractivity contribution is 1.35. The van der Waals surface area contributed by atoms with Gasteiger partial charge >= 0.3 is 0 Å². The topological polar surface area (TPSA) is 4.41 Å². The van der Waals surface area contributed by atoms with Gasteiger partial charge in [-0.15, -0.1) is 0 Å². The van der Waals surface area contributed by atoms with E-state index in [0.29, 0.717) is 26.8 Å². The lowest BCUT2D eigenvalue weighted by Crippen LogP contribution is -1.86. The highest BCUT2D eigenvalue weighted by molar-refractivity contribution is 6.32. The Labute approximate surface area is 199 Å². The lowest BCUT2D eigenvalue weighted by atomic mass is 10.0. The van der Waals surface area contributed by atoms with E-state index < -0.39 is 12.1 Å². The molecular formula is C30H18ClN. The van der Waals surface area contributed by atoms with Crippen molar-refractivity contribution in [2.75, 3.05) is 0 Å². The molecule has 2 heterocycles. The molecule has 2 heteroatoms. The molecule has 0 bridgehead atoms. The van der Waals surface area contributed by atoms with Crippen molar-refractivity contribution in [1.82, 2.24) is 4.40 Å². The van der Waals surface area contributed by atoms with E-state index in [9.17, 15) is 0 Å². The smallest absolute Gasteiger partial charge is 0.0645 e. The summed E-state index contributed by atoms with van der Waals surface area (Å²) in [6.45, 7) is 0. The highest BCUT2D eigenvalue weighted by atomic mass is 35.5. The Hall–Kier alpha value is -3.81. The third-order valence-electron chi connectivity index (χ3n) is 6.12. The molecule has 0 spiro atoms. The Morgan fingerprint density at radius 2 is 1.09 bits per heavy atom. The maximum absolute atomic E-state index is 9.08. The second kappa shape index (κ2) is 6.59. The first-order valence-corrected chi connectivity index (χ1v) is 10.6. The Kier molecular flexibility index (Phi) is 2.53. The maximum Gasteiger partial charge on any atom is 0.0645 e. The molecule has 0 N–H and O–H groups in total. The molecule has 7 aromatic rings. The Balaban J connectivity index is 2.10. The zero-order valence-corrected chi connectivity index (χ0v) is 17.4. The van der Waals surface area contributed by atoms with E-state index in [1.165, 1.54) is 0 Å². The predicted octanol–water partition coefficient (Wildman–Crippen LogP) is 8.92. The Bertz CT molecular complexity index is 2270. The Morgan fingerprint density at radius 3 is 1.81 bits per heavy atom. The minimum absolute atomic E-state index is 0.146. The summed E-state index contributed by atoms with van der Waals surface area (Å²) in [6.07, 6.45) is 0. The molecule has 1 nitrogen and oxygen atoms in total. The number of fused-ring (bicyclic) bond motifs is 10. The van der Waals surface area contributed by atoms with Crippen molar-refractivity contribution in [3.63, 3.8) is 0 Å². The normalized spacial score (nSPS) is 15.0.